The number of alkyl carbamates (subject to hydrolysis) is 1. The van der Waals surface area contributed by atoms with E-state index in [9.17, 15) is 9.59 Å². The number of hydrogen-bond donors (Lipinski definition) is 3. The van der Waals surface area contributed by atoms with Crippen LogP contribution in [0.25, 0.3) is 0 Å². The molecular formula is C12H21N3O3. The zero-order chi connectivity index (χ0) is 14.3. The van der Waals surface area contributed by atoms with E-state index in [1.54, 1.807) is 40.7 Å². The predicted octanol–water partition coefficient (Wildman–Crippen LogP) is 1.57. The van der Waals surface area contributed by atoms with Crippen molar-refractivity contribution in [2.75, 3.05) is 6.54 Å². The highest BCUT2D eigenvalue weighted by Gasteiger charge is 2.17. The van der Waals surface area contributed by atoms with E-state index in [1.165, 1.54) is 0 Å². The maximum atomic E-state index is 11.5. The molecule has 1 amide bonds. The van der Waals surface area contributed by atoms with Gasteiger partial charge in [0.15, 0.2) is 5.84 Å². The van der Waals surface area contributed by atoms with Crippen molar-refractivity contribution in [2.24, 2.45) is 0 Å². The second kappa shape index (κ2) is 6.78. The topological polar surface area (TPSA) is 91.3 Å². The Labute approximate surface area is 107 Å². The van der Waals surface area contributed by atoms with Crippen LogP contribution >= 0.6 is 0 Å². The predicted molar refractivity (Wildman–Crippen MR) is 69.5 cm³/mol. The molecule has 6 nitrogen and oxygen atoms in total. The van der Waals surface area contributed by atoms with Gasteiger partial charge in [-0.15, -0.1) is 0 Å². The minimum absolute atomic E-state index is 0.262. The lowest BCUT2D eigenvalue weighted by molar-refractivity contribution is -0.112. The van der Waals surface area contributed by atoms with Gasteiger partial charge in [0.1, 0.15) is 5.60 Å². The van der Waals surface area contributed by atoms with Gasteiger partial charge in [0, 0.05) is 5.70 Å². The van der Waals surface area contributed by atoms with Gasteiger partial charge >= 0.3 is 6.09 Å². The number of hydrogen-bond acceptors (Lipinski definition) is 4. The summed E-state index contributed by atoms with van der Waals surface area (Å²) in [7, 11) is 0. The molecule has 0 atom stereocenters. The number of ketones is 1. The lowest BCUT2D eigenvalue weighted by Crippen LogP contribution is -2.40. The van der Waals surface area contributed by atoms with Crippen LogP contribution in [0.5, 0.6) is 0 Å². The van der Waals surface area contributed by atoms with Gasteiger partial charge in [-0.05, 0) is 34.6 Å². The monoisotopic (exact) mass is 255 g/mol. The Morgan fingerprint density at radius 3 is 2.33 bits per heavy atom. The van der Waals surface area contributed by atoms with E-state index in [0.29, 0.717) is 5.70 Å². The third-order valence-electron chi connectivity index (χ3n) is 1.83. The standard InChI is InChI=1S/C12H21N3O3/c1-6-8(2)15-10(13)9(16)7-14-11(17)18-12(3,4)5/h6H,7H2,1-5H3,(H2,13,15)(H,14,17)/b8-6-. The zero-order valence-corrected chi connectivity index (χ0v) is 11.5. The summed E-state index contributed by atoms with van der Waals surface area (Å²) in [6.45, 7) is 8.45. The Kier molecular flexibility index (Phi) is 6.08. The van der Waals surface area contributed by atoms with Crippen LogP contribution in [-0.4, -0.2) is 29.9 Å². The first-order valence-corrected chi connectivity index (χ1v) is 5.64. The first-order chi connectivity index (χ1) is 8.15. The molecule has 0 fully saturated rings. The molecule has 18 heavy (non-hydrogen) atoms. The van der Waals surface area contributed by atoms with Crippen molar-refractivity contribution >= 4 is 17.7 Å². The summed E-state index contributed by atoms with van der Waals surface area (Å²) < 4.78 is 4.97. The highest BCUT2D eigenvalue weighted by atomic mass is 16.6. The smallest absolute Gasteiger partial charge is 0.408 e. The number of rotatable bonds is 4. The largest absolute Gasteiger partial charge is 0.444 e. The summed E-state index contributed by atoms with van der Waals surface area (Å²) in [5, 5.41) is 12.4. The van der Waals surface area contributed by atoms with Gasteiger partial charge in [-0.3, -0.25) is 10.2 Å². The molecule has 0 unspecified atom stereocenters. The molecule has 0 aliphatic rings. The van der Waals surface area contributed by atoms with Crippen LogP contribution < -0.4 is 10.6 Å². The third kappa shape index (κ3) is 7.43. The first-order valence-electron chi connectivity index (χ1n) is 5.64. The fourth-order valence-electron chi connectivity index (χ4n) is 0.894. The lowest BCUT2D eigenvalue weighted by atomic mass is 10.2. The highest BCUT2D eigenvalue weighted by molar-refractivity contribution is 6.38. The average molecular weight is 255 g/mol. The number of carbonyl (C=O) groups is 2. The Morgan fingerprint density at radius 1 is 1.33 bits per heavy atom. The Hall–Kier alpha value is -1.85. The van der Waals surface area contributed by atoms with Crippen LogP contribution in [0.3, 0.4) is 0 Å². The number of carbonyl (C=O) groups excluding carboxylic acids is 2. The Bertz CT molecular complexity index is 367. The normalized spacial score (nSPS) is 11.7. The molecule has 0 aromatic rings. The molecule has 0 heterocycles. The van der Waals surface area contributed by atoms with Gasteiger partial charge in [-0.1, -0.05) is 6.08 Å². The number of amidine groups is 1. The first kappa shape index (κ1) is 16.1. The van der Waals surface area contributed by atoms with Crippen molar-refractivity contribution in [1.29, 1.82) is 5.41 Å². The maximum Gasteiger partial charge on any atom is 0.408 e. The molecule has 0 radical (unpaired) electrons. The van der Waals surface area contributed by atoms with E-state index in [4.69, 9.17) is 10.1 Å². The second-order valence-electron chi connectivity index (χ2n) is 4.75. The minimum Gasteiger partial charge on any atom is -0.444 e. The minimum atomic E-state index is -0.675. The molecule has 6 heteroatoms. The molecule has 0 saturated heterocycles. The van der Waals surface area contributed by atoms with Crippen molar-refractivity contribution in [3.8, 4) is 0 Å². The van der Waals surface area contributed by atoms with Crippen LogP contribution in [0.4, 0.5) is 4.79 Å². The quantitative estimate of drug-likeness (QED) is 0.525. The van der Waals surface area contributed by atoms with Crippen molar-refractivity contribution in [2.45, 2.75) is 40.2 Å². The van der Waals surface area contributed by atoms with Gasteiger partial charge in [-0.2, -0.15) is 0 Å². The van der Waals surface area contributed by atoms with Crippen LogP contribution in [0.1, 0.15) is 34.6 Å². The molecule has 0 spiro atoms. The summed E-state index contributed by atoms with van der Waals surface area (Å²) in [5.41, 5.74) is 0.0890. The van der Waals surface area contributed by atoms with Crippen LogP contribution in [-0.2, 0) is 9.53 Å². The average Bonchev–Trinajstić information content (AvgIpc) is 2.23. The summed E-state index contributed by atoms with van der Waals surface area (Å²) in [6.07, 6.45) is 1.06. The summed E-state index contributed by atoms with van der Waals surface area (Å²) >= 11 is 0. The Balaban J connectivity index is 4.11. The van der Waals surface area contributed by atoms with Crippen LogP contribution in [0.15, 0.2) is 11.8 Å². The van der Waals surface area contributed by atoms with Crippen molar-refractivity contribution in [3.05, 3.63) is 11.8 Å². The maximum absolute atomic E-state index is 11.5. The highest BCUT2D eigenvalue weighted by Crippen LogP contribution is 2.06. The lowest BCUT2D eigenvalue weighted by Gasteiger charge is -2.19. The molecule has 0 aliphatic heterocycles. The molecule has 0 aromatic heterocycles. The van der Waals surface area contributed by atoms with Crippen molar-refractivity contribution in [1.82, 2.24) is 10.6 Å². The second-order valence-corrected chi connectivity index (χ2v) is 4.75. The summed E-state index contributed by atoms with van der Waals surface area (Å²) in [4.78, 5) is 22.8. The van der Waals surface area contributed by atoms with E-state index in [2.05, 4.69) is 10.6 Å². The van der Waals surface area contributed by atoms with E-state index >= 15 is 0 Å². The van der Waals surface area contributed by atoms with Crippen molar-refractivity contribution < 1.29 is 14.3 Å². The third-order valence-corrected chi connectivity index (χ3v) is 1.83. The number of allylic oxidation sites excluding steroid dienone is 2. The molecule has 0 saturated carbocycles. The number of ether oxygens (including phenoxy) is 1. The van der Waals surface area contributed by atoms with E-state index in [0.717, 1.165) is 0 Å². The molecule has 3 N–H and O–H groups in total. The summed E-state index contributed by atoms with van der Waals surface area (Å²) in [6, 6.07) is 0. The fourth-order valence-corrected chi connectivity index (χ4v) is 0.894. The van der Waals surface area contributed by atoms with Gasteiger partial charge < -0.3 is 15.4 Å². The fraction of sp³-hybridized carbons (Fsp3) is 0.583. The number of Topliss-reactive ketones (excluding diaryl/α,β-unsaturated/α-hetero) is 1. The van der Waals surface area contributed by atoms with Crippen molar-refractivity contribution in [3.63, 3.8) is 0 Å². The number of amides is 1. The van der Waals surface area contributed by atoms with Gasteiger partial charge in [0.25, 0.3) is 0 Å². The molecule has 0 aliphatic carbocycles. The van der Waals surface area contributed by atoms with E-state index < -0.39 is 17.5 Å². The molecule has 0 aromatic carbocycles. The molecule has 0 rings (SSSR count). The van der Waals surface area contributed by atoms with Gasteiger partial charge in [0.05, 0.1) is 6.54 Å². The molecule has 102 valence electrons. The molecular weight excluding hydrogens is 234 g/mol. The SMILES string of the molecule is C/C=C(/C)NC(=N)C(=O)CNC(=O)OC(C)(C)C. The van der Waals surface area contributed by atoms with E-state index in [1.807, 2.05) is 0 Å². The Morgan fingerprint density at radius 2 is 1.89 bits per heavy atom. The van der Waals surface area contributed by atoms with Crippen LogP contribution in [0.2, 0.25) is 0 Å². The van der Waals surface area contributed by atoms with E-state index in [-0.39, 0.29) is 12.4 Å². The van der Waals surface area contributed by atoms with Gasteiger partial charge in [0.2, 0.25) is 5.78 Å². The summed E-state index contributed by atoms with van der Waals surface area (Å²) in [5.74, 6) is -0.774. The van der Waals surface area contributed by atoms with Crippen LogP contribution in [0, 0.1) is 5.41 Å². The number of nitrogens with one attached hydrogen (secondary N) is 3. The molecule has 0 bridgehead atoms. The van der Waals surface area contributed by atoms with Gasteiger partial charge in [-0.25, -0.2) is 4.79 Å². The zero-order valence-electron chi connectivity index (χ0n) is 11.5.